The molecule has 3 aliphatic heterocycles. The fourth-order valence-corrected chi connectivity index (χ4v) is 4.55. The number of hydrogen-bond acceptors (Lipinski definition) is 6. The molecule has 0 aromatic heterocycles. The SMILES string of the molecule is CC(C)C1COC(=O)N1.CC(C)C1NC(=O)OC1(C)c1ccccc1.O=C1NC(Cc2ccccc2)CO1. The van der Waals surface area contributed by atoms with Gasteiger partial charge in [0.2, 0.25) is 0 Å². The molecule has 3 heterocycles. The average Bonchev–Trinajstić information content (AvgIpc) is 3.60. The smallest absolute Gasteiger partial charge is 0.408 e. The molecule has 9 heteroatoms. The summed E-state index contributed by atoms with van der Waals surface area (Å²) >= 11 is 0. The fourth-order valence-electron chi connectivity index (χ4n) is 4.55. The van der Waals surface area contributed by atoms with Crippen LogP contribution in [0, 0.1) is 11.8 Å². The highest BCUT2D eigenvalue weighted by molar-refractivity contribution is 5.72. The Morgan fingerprint density at radius 2 is 1.34 bits per heavy atom. The number of amides is 3. The van der Waals surface area contributed by atoms with Crippen molar-refractivity contribution in [3.05, 3.63) is 71.8 Å². The van der Waals surface area contributed by atoms with Crippen LogP contribution in [0.15, 0.2) is 60.7 Å². The Bertz CT molecular complexity index is 1060. The van der Waals surface area contributed by atoms with Crippen LogP contribution in [0.4, 0.5) is 14.4 Å². The highest BCUT2D eigenvalue weighted by Crippen LogP contribution is 2.36. The first-order valence-electron chi connectivity index (χ1n) is 13.0. The van der Waals surface area contributed by atoms with Gasteiger partial charge in [0.05, 0.1) is 18.1 Å². The zero-order valence-electron chi connectivity index (χ0n) is 22.7. The second kappa shape index (κ2) is 13.2. The van der Waals surface area contributed by atoms with Gasteiger partial charge in [-0.25, -0.2) is 14.4 Å². The molecule has 0 aliphatic carbocycles. The monoisotopic (exact) mass is 525 g/mol. The number of benzene rings is 2. The van der Waals surface area contributed by atoms with Crippen LogP contribution in [-0.2, 0) is 26.2 Å². The molecule has 3 aliphatic rings. The standard InChI is InChI=1S/C13H17NO2.C10H11NO2.C6H11NO2/c1-9(2)11-13(3,16-12(15)14-11)10-7-5-4-6-8-10;12-10-11-9(7-13-10)6-8-4-2-1-3-5-8;1-4(2)5-3-9-6(8)7-5/h4-9,11H,1-3H3,(H,14,15);1-5,9H,6-7H2,(H,11,12);4-5H,3H2,1-2H3,(H,7,8). The van der Waals surface area contributed by atoms with E-state index in [2.05, 4.69) is 48.4 Å². The predicted molar refractivity (Wildman–Crippen MR) is 144 cm³/mol. The number of hydrogen-bond donors (Lipinski definition) is 3. The van der Waals surface area contributed by atoms with Gasteiger partial charge in [0.15, 0.2) is 5.60 Å². The fraction of sp³-hybridized carbons (Fsp3) is 0.483. The number of cyclic esters (lactones) is 3. The van der Waals surface area contributed by atoms with E-state index in [1.54, 1.807) is 0 Å². The van der Waals surface area contributed by atoms with E-state index in [-0.39, 0.29) is 36.4 Å². The Kier molecular flexibility index (Phi) is 9.98. The van der Waals surface area contributed by atoms with Crippen molar-refractivity contribution in [2.45, 2.75) is 64.8 Å². The number of rotatable bonds is 5. The van der Waals surface area contributed by atoms with E-state index in [1.165, 1.54) is 5.56 Å². The summed E-state index contributed by atoms with van der Waals surface area (Å²) in [6.07, 6.45) is -0.0771. The maximum Gasteiger partial charge on any atom is 0.408 e. The zero-order chi connectivity index (χ0) is 27.7. The van der Waals surface area contributed by atoms with Crippen molar-refractivity contribution in [3.8, 4) is 0 Å². The van der Waals surface area contributed by atoms with Crippen molar-refractivity contribution in [1.82, 2.24) is 16.0 Å². The van der Waals surface area contributed by atoms with E-state index >= 15 is 0 Å². The topological polar surface area (TPSA) is 115 Å². The number of carbonyl (C=O) groups excluding carboxylic acids is 3. The molecule has 5 rings (SSSR count). The summed E-state index contributed by atoms with van der Waals surface area (Å²) in [5.74, 6) is 0.799. The van der Waals surface area contributed by atoms with Crippen LogP contribution in [0.5, 0.6) is 0 Å². The van der Waals surface area contributed by atoms with Gasteiger partial charge in [0, 0.05) is 0 Å². The van der Waals surface area contributed by atoms with Gasteiger partial charge >= 0.3 is 18.3 Å². The van der Waals surface area contributed by atoms with Crippen molar-refractivity contribution in [1.29, 1.82) is 0 Å². The number of nitrogens with one attached hydrogen (secondary N) is 3. The van der Waals surface area contributed by atoms with Crippen LogP contribution in [0.3, 0.4) is 0 Å². The Labute approximate surface area is 224 Å². The quantitative estimate of drug-likeness (QED) is 0.485. The first kappa shape index (κ1) is 28.8. The van der Waals surface area contributed by atoms with E-state index in [4.69, 9.17) is 9.47 Å². The van der Waals surface area contributed by atoms with Crippen molar-refractivity contribution in [3.63, 3.8) is 0 Å². The Hall–Kier alpha value is -3.75. The van der Waals surface area contributed by atoms with Crippen molar-refractivity contribution in [2.24, 2.45) is 11.8 Å². The Morgan fingerprint density at radius 1 is 0.763 bits per heavy atom. The molecule has 0 spiro atoms. The third-order valence-corrected chi connectivity index (χ3v) is 6.75. The summed E-state index contributed by atoms with van der Waals surface area (Å²) in [7, 11) is 0. The molecular formula is C29H39N3O6. The van der Waals surface area contributed by atoms with E-state index in [9.17, 15) is 14.4 Å². The molecule has 3 fully saturated rings. The zero-order valence-corrected chi connectivity index (χ0v) is 22.7. The van der Waals surface area contributed by atoms with E-state index in [0.29, 0.717) is 25.0 Å². The first-order valence-corrected chi connectivity index (χ1v) is 13.0. The minimum absolute atomic E-state index is 0.0161. The highest BCUT2D eigenvalue weighted by atomic mass is 16.6. The van der Waals surface area contributed by atoms with Crippen LogP contribution in [0.2, 0.25) is 0 Å². The second-order valence-corrected chi connectivity index (χ2v) is 10.5. The molecule has 38 heavy (non-hydrogen) atoms. The van der Waals surface area contributed by atoms with Crippen LogP contribution in [-0.4, -0.2) is 49.6 Å². The molecule has 3 N–H and O–H groups in total. The van der Waals surface area contributed by atoms with E-state index in [1.807, 2.05) is 67.6 Å². The third-order valence-electron chi connectivity index (χ3n) is 6.75. The van der Waals surface area contributed by atoms with Gasteiger partial charge in [0.1, 0.15) is 13.2 Å². The number of alkyl carbamates (subject to hydrolysis) is 3. The molecule has 4 unspecified atom stereocenters. The molecule has 9 nitrogen and oxygen atoms in total. The van der Waals surface area contributed by atoms with Gasteiger partial charge in [-0.2, -0.15) is 0 Å². The minimum Gasteiger partial charge on any atom is -0.447 e. The lowest BCUT2D eigenvalue weighted by Gasteiger charge is -2.31. The van der Waals surface area contributed by atoms with E-state index in [0.717, 1.165) is 12.0 Å². The molecule has 0 saturated carbocycles. The molecule has 3 saturated heterocycles. The van der Waals surface area contributed by atoms with Gasteiger partial charge in [-0.1, -0.05) is 88.4 Å². The lowest BCUT2D eigenvalue weighted by atomic mass is 9.83. The van der Waals surface area contributed by atoms with Gasteiger partial charge in [-0.15, -0.1) is 0 Å². The molecular weight excluding hydrogens is 486 g/mol. The van der Waals surface area contributed by atoms with Crippen molar-refractivity contribution < 1.29 is 28.6 Å². The molecule has 206 valence electrons. The summed E-state index contributed by atoms with van der Waals surface area (Å²) in [6, 6.07) is 20.3. The lowest BCUT2D eigenvalue weighted by molar-refractivity contribution is 0.0394. The molecule has 0 bridgehead atoms. The largest absolute Gasteiger partial charge is 0.447 e. The van der Waals surface area contributed by atoms with Gasteiger partial charge in [-0.05, 0) is 36.3 Å². The van der Waals surface area contributed by atoms with Crippen LogP contribution in [0.1, 0.15) is 45.7 Å². The normalized spacial score (nSPS) is 25.6. The average molecular weight is 526 g/mol. The van der Waals surface area contributed by atoms with Crippen molar-refractivity contribution >= 4 is 18.3 Å². The summed E-state index contributed by atoms with van der Waals surface area (Å²) < 4.78 is 14.9. The van der Waals surface area contributed by atoms with Gasteiger partial charge in [0.25, 0.3) is 0 Å². The first-order chi connectivity index (χ1) is 18.1. The summed E-state index contributed by atoms with van der Waals surface area (Å²) in [5.41, 5.74) is 1.69. The van der Waals surface area contributed by atoms with Crippen LogP contribution >= 0.6 is 0 Å². The maximum atomic E-state index is 11.4. The Balaban J connectivity index is 0.000000164. The molecule has 0 radical (unpaired) electrons. The third kappa shape index (κ3) is 7.87. The molecule has 3 amide bonds. The number of carbonyl (C=O) groups is 3. The lowest BCUT2D eigenvalue weighted by Crippen LogP contribution is -2.42. The molecule has 2 aromatic carbocycles. The maximum absolute atomic E-state index is 11.4. The van der Waals surface area contributed by atoms with Crippen molar-refractivity contribution in [2.75, 3.05) is 13.2 Å². The van der Waals surface area contributed by atoms with Crippen LogP contribution < -0.4 is 16.0 Å². The number of ether oxygens (including phenoxy) is 3. The predicted octanol–water partition coefficient (Wildman–Crippen LogP) is 4.75. The van der Waals surface area contributed by atoms with Crippen LogP contribution in [0.25, 0.3) is 0 Å². The molecule has 2 aromatic rings. The minimum atomic E-state index is -0.563. The highest BCUT2D eigenvalue weighted by Gasteiger charge is 2.47. The van der Waals surface area contributed by atoms with E-state index < -0.39 is 5.60 Å². The summed E-state index contributed by atoms with van der Waals surface area (Å²) in [5, 5.41) is 8.31. The van der Waals surface area contributed by atoms with Gasteiger partial charge < -0.3 is 30.2 Å². The Morgan fingerprint density at radius 3 is 1.82 bits per heavy atom. The molecule has 4 atom stereocenters. The van der Waals surface area contributed by atoms with Gasteiger partial charge in [-0.3, -0.25) is 0 Å². The second-order valence-electron chi connectivity index (χ2n) is 10.5. The summed E-state index contributed by atoms with van der Waals surface area (Å²) in [6.45, 7) is 11.2. The summed E-state index contributed by atoms with van der Waals surface area (Å²) in [4.78, 5) is 32.5.